The fraction of sp³-hybridized carbons (Fsp3) is 0.412. The number of benzene rings is 1. The molecule has 1 aromatic carbocycles. The lowest BCUT2D eigenvalue weighted by atomic mass is 10.2. The fourth-order valence-electron chi connectivity index (χ4n) is 3.00. The van der Waals surface area contributed by atoms with Gasteiger partial charge in [0.25, 0.3) is 10.0 Å². The lowest BCUT2D eigenvalue weighted by Gasteiger charge is -2.35. The molecule has 148 valence electrons. The Bertz CT molecular complexity index is 883. The number of piperazine rings is 1. The molecule has 0 saturated carbocycles. The van der Waals surface area contributed by atoms with Crippen LogP contribution in [0.5, 0.6) is 17.2 Å². The second-order valence-corrected chi connectivity index (χ2v) is 10.5. The molecule has 1 fully saturated rings. The van der Waals surface area contributed by atoms with Crippen molar-refractivity contribution in [3.05, 3.63) is 28.1 Å². The van der Waals surface area contributed by atoms with Gasteiger partial charge in [-0.15, -0.1) is 11.3 Å². The summed E-state index contributed by atoms with van der Waals surface area (Å²) in [6, 6.07) is 7.14. The van der Waals surface area contributed by atoms with E-state index in [1.807, 2.05) is 12.1 Å². The molecule has 0 aliphatic carbocycles. The van der Waals surface area contributed by atoms with Gasteiger partial charge in [-0.3, -0.25) is 0 Å². The average Bonchev–Trinajstić information content (AvgIpc) is 3.14. The smallest absolute Gasteiger partial charge is 0.252 e. The number of sulfonamides is 1. The predicted octanol–water partition coefficient (Wildman–Crippen LogP) is 3.05. The van der Waals surface area contributed by atoms with E-state index in [1.165, 1.54) is 15.6 Å². The van der Waals surface area contributed by atoms with E-state index in [2.05, 4.69) is 20.8 Å². The van der Waals surface area contributed by atoms with Gasteiger partial charge in [0, 0.05) is 44.0 Å². The first-order valence-electron chi connectivity index (χ1n) is 8.21. The first kappa shape index (κ1) is 20.2. The summed E-state index contributed by atoms with van der Waals surface area (Å²) >= 11 is 4.55. The van der Waals surface area contributed by atoms with Crippen LogP contribution in [-0.4, -0.2) is 60.2 Å². The number of hydrogen-bond donors (Lipinski definition) is 0. The van der Waals surface area contributed by atoms with Gasteiger partial charge in [0.1, 0.15) is 4.21 Å². The largest absolute Gasteiger partial charge is 0.493 e. The molecule has 10 heteroatoms. The van der Waals surface area contributed by atoms with Gasteiger partial charge < -0.3 is 19.1 Å². The van der Waals surface area contributed by atoms with Crippen molar-refractivity contribution in [2.75, 3.05) is 52.4 Å². The highest BCUT2D eigenvalue weighted by atomic mass is 79.9. The molecule has 2 aromatic rings. The molecule has 1 aromatic heterocycles. The van der Waals surface area contributed by atoms with Crippen LogP contribution in [0.25, 0.3) is 0 Å². The van der Waals surface area contributed by atoms with Crippen molar-refractivity contribution in [2.24, 2.45) is 0 Å². The normalized spacial score (nSPS) is 15.6. The predicted molar refractivity (Wildman–Crippen MR) is 109 cm³/mol. The van der Waals surface area contributed by atoms with Crippen molar-refractivity contribution >= 4 is 43.0 Å². The van der Waals surface area contributed by atoms with E-state index in [4.69, 9.17) is 14.2 Å². The molecular weight excluding hydrogens is 456 g/mol. The Morgan fingerprint density at radius 1 is 0.963 bits per heavy atom. The van der Waals surface area contributed by atoms with E-state index >= 15 is 0 Å². The minimum atomic E-state index is -3.46. The minimum absolute atomic E-state index is 0.357. The van der Waals surface area contributed by atoms with Crippen molar-refractivity contribution < 1.29 is 22.6 Å². The van der Waals surface area contributed by atoms with E-state index < -0.39 is 10.0 Å². The van der Waals surface area contributed by atoms with Crippen molar-refractivity contribution in [1.82, 2.24) is 4.31 Å². The summed E-state index contributed by atoms with van der Waals surface area (Å²) in [5.74, 6) is 1.68. The highest BCUT2D eigenvalue weighted by Crippen LogP contribution is 2.41. The molecule has 0 atom stereocenters. The molecule has 2 heterocycles. The maximum atomic E-state index is 12.8. The van der Waals surface area contributed by atoms with Gasteiger partial charge in [0.2, 0.25) is 5.75 Å². The third kappa shape index (κ3) is 4.03. The molecule has 0 bridgehead atoms. The van der Waals surface area contributed by atoms with E-state index in [0.717, 1.165) is 9.47 Å². The molecule has 1 aliphatic heterocycles. The molecule has 0 amide bonds. The Hall–Kier alpha value is -1.49. The summed E-state index contributed by atoms with van der Waals surface area (Å²) in [6.45, 7) is 1.97. The molecule has 27 heavy (non-hydrogen) atoms. The molecule has 0 spiro atoms. The number of thiophene rings is 1. The Kier molecular flexibility index (Phi) is 6.19. The zero-order valence-electron chi connectivity index (χ0n) is 15.3. The Morgan fingerprint density at radius 3 is 2.00 bits per heavy atom. The number of methoxy groups -OCH3 is 3. The van der Waals surface area contributed by atoms with Gasteiger partial charge in [-0.25, -0.2) is 8.42 Å². The third-order valence-electron chi connectivity index (χ3n) is 4.40. The van der Waals surface area contributed by atoms with Gasteiger partial charge in [-0.05, 0) is 28.1 Å². The van der Waals surface area contributed by atoms with Crippen LogP contribution in [0.4, 0.5) is 5.69 Å². The highest BCUT2D eigenvalue weighted by molar-refractivity contribution is 9.11. The molecule has 0 unspecified atom stereocenters. The molecule has 1 aliphatic rings. The molecular formula is C17H21BrN2O5S2. The summed E-state index contributed by atoms with van der Waals surface area (Å²) < 4.78 is 44.4. The number of hydrogen-bond acceptors (Lipinski definition) is 7. The van der Waals surface area contributed by atoms with Crippen LogP contribution in [0.3, 0.4) is 0 Å². The van der Waals surface area contributed by atoms with Crippen LogP contribution in [0.1, 0.15) is 0 Å². The Morgan fingerprint density at radius 2 is 1.56 bits per heavy atom. The summed E-state index contributed by atoms with van der Waals surface area (Å²) in [5, 5.41) is 0. The summed E-state index contributed by atoms with van der Waals surface area (Å²) in [6.07, 6.45) is 0. The topological polar surface area (TPSA) is 68.3 Å². The number of ether oxygens (including phenoxy) is 3. The SMILES string of the molecule is COc1cc(N2CCN(S(=O)(=O)c3ccc(Br)s3)CC2)cc(OC)c1OC. The first-order chi connectivity index (χ1) is 12.9. The van der Waals surface area contributed by atoms with Crippen molar-refractivity contribution in [3.63, 3.8) is 0 Å². The van der Waals surface area contributed by atoms with E-state index in [9.17, 15) is 8.42 Å². The lowest BCUT2D eigenvalue weighted by Crippen LogP contribution is -2.48. The van der Waals surface area contributed by atoms with Crippen LogP contribution in [-0.2, 0) is 10.0 Å². The van der Waals surface area contributed by atoms with Crippen LogP contribution in [0.15, 0.2) is 32.3 Å². The van der Waals surface area contributed by atoms with Crippen LogP contribution in [0.2, 0.25) is 0 Å². The molecule has 3 rings (SSSR count). The van der Waals surface area contributed by atoms with Gasteiger partial charge >= 0.3 is 0 Å². The quantitative estimate of drug-likeness (QED) is 0.637. The van der Waals surface area contributed by atoms with Crippen LogP contribution in [0, 0.1) is 0 Å². The maximum absolute atomic E-state index is 12.8. The number of nitrogens with zero attached hydrogens (tertiary/aromatic N) is 2. The fourth-order valence-corrected chi connectivity index (χ4v) is 6.59. The minimum Gasteiger partial charge on any atom is -0.493 e. The molecule has 0 N–H and O–H groups in total. The average molecular weight is 477 g/mol. The van der Waals surface area contributed by atoms with Crippen molar-refractivity contribution in [3.8, 4) is 17.2 Å². The molecule has 7 nitrogen and oxygen atoms in total. The van der Waals surface area contributed by atoms with E-state index in [0.29, 0.717) is 47.6 Å². The first-order valence-corrected chi connectivity index (χ1v) is 11.3. The molecule has 1 saturated heterocycles. The van der Waals surface area contributed by atoms with Crippen molar-refractivity contribution in [1.29, 1.82) is 0 Å². The number of rotatable bonds is 6. The van der Waals surface area contributed by atoms with Crippen LogP contribution < -0.4 is 19.1 Å². The zero-order valence-corrected chi connectivity index (χ0v) is 18.5. The highest BCUT2D eigenvalue weighted by Gasteiger charge is 2.30. The number of halogens is 1. The zero-order chi connectivity index (χ0) is 19.6. The Balaban J connectivity index is 1.78. The third-order valence-corrected chi connectivity index (χ3v) is 8.39. The maximum Gasteiger partial charge on any atom is 0.252 e. The standard InChI is InChI=1S/C17H21BrN2O5S2/c1-23-13-10-12(11-14(24-2)17(13)25-3)19-6-8-20(9-7-19)27(21,22)16-5-4-15(18)26-16/h4-5,10-11H,6-9H2,1-3H3. The molecule has 0 radical (unpaired) electrons. The number of anilines is 1. The van der Waals surface area contributed by atoms with Gasteiger partial charge in [-0.1, -0.05) is 0 Å². The van der Waals surface area contributed by atoms with E-state index in [-0.39, 0.29) is 0 Å². The summed E-state index contributed by atoms with van der Waals surface area (Å²) in [4.78, 5) is 2.11. The van der Waals surface area contributed by atoms with E-state index in [1.54, 1.807) is 33.5 Å². The Labute approximate surface area is 171 Å². The second kappa shape index (κ2) is 8.26. The second-order valence-electron chi connectivity index (χ2n) is 5.83. The van der Waals surface area contributed by atoms with Crippen LogP contribution >= 0.6 is 27.3 Å². The van der Waals surface area contributed by atoms with Crippen molar-refractivity contribution in [2.45, 2.75) is 4.21 Å². The monoisotopic (exact) mass is 476 g/mol. The van der Waals surface area contributed by atoms with Gasteiger partial charge in [0.05, 0.1) is 25.1 Å². The van der Waals surface area contributed by atoms with Gasteiger partial charge in [0.15, 0.2) is 11.5 Å². The summed E-state index contributed by atoms with van der Waals surface area (Å²) in [5.41, 5.74) is 0.903. The lowest BCUT2D eigenvalue weighted by molar-refractivity contribution is 0.324. The van der Waals surface area contributed by atoms with Gasteiger partial charge in [-0.2, -0.15) is 4.31 Å². The summed E-state index contributed by atoms with van der Waals surface area (Å²) in [7, 11) is 1.25.